The third kappa shape index (κ3) is 39.9. The summed E-state index contributed by atoms with van der Waals surface area (Å²) in [5.74, 6) is 6.90. The van der Waals surface area contributed by atoms with E-state index in [0.29, 0.717) is 28.4 Å². The van der Waals surface area contributed by atoms with Crippen LogP contribution in [0.4, 0.5) is 61.5 Å². The van der Waals surface area contributed by atoms with E-state index >= 15 is 0 Å². The van der Waals surface area contributed by atoms with Crippen LogP contribution in [0, 0.1) is 159 Å². The SMILES string of the molecule is C.CCCC1CCC(C2CC=C(c3cc(F)cc(F)c3)CC2)CC1.CCCC1CCC(C2CCC(=O)CC2)CC1.CCCC1CCC(C2CCC(c3cc(F)c(O)c(F)c3)CC2)CC1.CCCC1CCC(C2CCC(c3cc(F)c(OCc4ccc(F)cc4)c(F)c3)CC2)CC1.CCCC1CCC(C2CCC(c3cc(F)cc(F)c3)CC2)CC1.Fc1c[c-]cc(F)c1.OCc1ccc(OC(F)(F)F)cc1.[Br-].[Mg+2]. The first kappa shape index (κ1) is 121. The number of aliphatic hydroxyl groups is 1. The van der Waals surface area contributed by atoms with Crippen molar-refractivity contribution in [3.63, 3.8) is 0 Å². The van der Waals surface area contributed by atoms with Gasteiger partial charge >= 0.3 is 29.4 Å². The number of Topliss-reactive ketones (excluding diaryl/α,β-unsaturated/α-hetero) is 1. The van der Waals surface area contributed by atoms with Crippen LogP contribution in [0.5, 0.6) is 17.2 Å². The molecule has 10 aliphatic rings. The number of aliphatic hydroxyl groups excluding tert-OH is 1. The van der Waals surface area contributed by atoms with Crippen LogP contribution in [0.25, 0.3) is 5.57 Å². The second-order valence-electron chi connectivity index (χ2n) is 43.0. The number of allylic oxidation sites excluding steroid dienone is 2. The molecule has 1 unspecified atom stereocenters. The van der Waals surface area contributed by atoms with E-state index in [-0.39, 0.29) is 89.8 Å². The van der Waals surface area contributed by atoms with Crippen molar-refractivity contribution in [3.8, 4) is 17.2 Å². The van der Waals surface area contributed by atoms with E-state index in [2.05, 4.69) is 51.5 Å². The van der Waals surface area contributed by atoms with Crippen LogP contribution in [0.1, 0.15) is 408 Å². The van der Waals surface area contributed by atoms with Crippen LogP contribution in [-0.2, 0) is 18.0 Å². The predicted molar refractivity (Wildman–Crippen MR) is 543 cm³/mol. The molecule has 2 N–H and O–H groups in total. The number of phenols is 1. The maximum atomic E-state index is 14.7. The first-order valence-corrected chi connectivity index (χ1v) is 54.0. The Morgan fingerprint density at radius 3 is 0.951 bits per heavy atom. The van der Waals surface area contributed by atoms with E-state index in [4.69, 9.17) is 9.84 Å². The average Bonchev–Trinajstić information content (AvgIpc) is 0.806. The fourth-order valence-corrected chi connectivity index (χ4v) is 25.8. The molecule has 7 aromatic carbocycles. The molecule has 17 rings (SSSR count). The number of halogens is 15. The Bertz CT molecular complexity index is 4640. The summed E-state index contributed by atoms with van der Waals surface area (Å²) in [7, 11) is 0. The van der Waals surface area contributed by atoms with Gasteiger partial charge < -0.3 is 36.7 Å². The van der Waals surface area contributed by atoms with Gasteiger partial charge in [-0.1, -0.05) is 201 Å². The average molecular weight is 2070 g/mol. The molecule has 9 saturated carbocycles. The van der Waals surface area contributed by atoms with E-state index < -0.39 is 70.3 Å². The second kappa shape index (κ2) is 62.8. The van der Waals surface area contributed by atoms with Crippen molar-refractivity contribution in [3.05, 3.63) is 237 Å². The van der Waals surface area contributed by atoms with Crippen molar-refractivity contribution in [1.29, 1.82) is 0 Å². The maximum Gasteiger partial charge on any atom is 2.00 e. The summed E-state index contributed by atoms with van der Waals surface area (Å²) in [6.07, 6.45) is 60.1. The van der Waals surface area contributed by atoms with Crippen molar-refractivity contribution >= 4 is 34.4 Å². The van der Waals surface area contributed by atoms with Gasteiger partial charge in [0.15, 0.2) is 34.8 Å². The van der Waals surface area contributed by atoms with Crippen molar-refractivity contribution < 1.29 is 103 Å². The number of hydrogen-bond donors (Lipinski definition) is 2. The maximum absolute atomic E-state index is 14.7. The zero-order valence-corrected chi connectivity index (χ0v) is 87.7. The Morgan fingerprint density at radius 2 is 0.641 bits per heavy atom. The van der Waals surface area contributed by atoms with Crippen LogP contribution in [-0.4, -0.2) is 45.4 Å². The van der Waals surface area contributed by atoms with Gasteiger partial charge in [0.1, 0.15) is 47.2 Å². The number of carbonyl (C=O) groups is 1. The summed E-state index contributed by atoms with van der Waals surface area (Å²) in [5, 5.41) is 17.8. The largest absolute Gasteiger partial charge is 2.00 e. The molecule has 21 heteroatoms. The fourth-order valence-electron chi connectivity index (χ4n) is 25.8. The fraction of sp³-hybridized carbons (Fsp3) is 0.628. The van der Waals surface area contributed by atoms with E-state index in [9.17, 15) is 71.4 Å². The number of rotatable bonds is 24. The third-order valence-corrected chi connectivity index (χ3v) is 33.6. The number of ketones is 1. The first-order chi connectivity index (χ1) is 67.0. The molecule has 784 valence electrons. The normalized spacial score (nSPS) is 26.2. The molecule has 142 heavy (non-hydrogen) atoms. The van der Waals surface area contributed by atoms with Crippen molar-refractivity contribution in [2.45, 2.75) is 394 Å². The van der Waals surface area contributed by atoms with Crippen molar-refractivity contribution in [2.24, 2.45) is 88.8 Å². The number of ether oxygens (including phenoxy) is 2. The molecule has 1 atom stereocenters. The number of carbonyl (C=O) groups excluding carboxylic acids is 1. The molecule has 5 nitrogen and oxygen atoms in total. The van der Waals surface area contributed by atoms with Gasteiger partial charge in [0, 0.05) is 36.6 Å². The summed E-state index contributed by atoms with van der Waals surface area (Å²) in [6, 6.07) is 29.4. The summed E-state index contributed by atoms with van der Waals surface area (Å²) in [6.45, 7) is 11.2. The predicted octanol–water partition coefficient (Wildman–Crippen LogP) is 34.2. The molecule has 0 radical (unpaired) electrons. The molecule has 7 aromatic rings. The van der Waals surface area contributed by atoms with Gasteiger partial charge in [-0.05, 0) is 392 Å². The quantitative estimate of drug-likeness (QED) is 0.0358. The van der Waals surface area contributed by atoms with Gasteiger partial charge in [-0.15, -0.1) is 31.4 Å². The number of hydrogen-bond acceptors (Lipinski definition) is 5. The first-order valence-electron chi connectivity index (χ1n) is 54.0. The monoisotopic (exact) mass is 2070 g/mol. The topological polar surface area (TPSA) is 76.0 Å². The van der Waals surface area contributed by atoms with Gasteiger partial charge in [-0.25, -0.2) is 39.5 Å². The molecule has 0 aromatic heterocycles. The van der Waals surface area contributed by atoms with E-state index in [1.807, 2.05) is 0 Å². The summed E-state index contributed by atoms with van der Waals surface area (Å²) in [4.78, 5) is 11.2. The number of benzene rings is 7. The van der Waals surface area contributed by atoms with Gasteiger partial charge in [0.2, 0.25) is 0 Å². The summed E-state index contributed by atoms with van der Waals surface area (Å²) in [5.41, 5.74) is 5.39. The molecule has 0 amide bonds. The Labute approximate surface area is 868 Å². The van der Waals surface area contributed by atoms with Crippen LogP contribution in [0.2, 0.25) is 0 Å². The van der Waals surface area contributed by atoms with Gasteiger partial charge in [-0.2, -0.15) is 6.07 Å². The van der Waals surface area contributed by atoms with Crippen LogP contribution in [0.3, 0.4) is 0 Å². The minimum absolute atomic E-state index is 0. The van der Waals surface area contributed by atoms with Crippen LogP contribution < -0.4 is 26.5 Å². The van der Waals surface area contributed by atoms with Gasteiger partial charge in [0.05, 0.1) is 6.61 Å². The Hall–Kier alpha value is -6.42. The molecule has 0 aliphatic heterocycles. The molecule has 0 spiro atoms. The number of phenolic OH excluding ortho intramolecular Hbond substituents is 1. The minimum Gasteiger partial charge on any atom is -1.00 e. The zero-order chi connectivity index (χ0) is 99.3. The van der Waals surface area contributed by atoms with Crippen molar-refractivity contribution in [1.82, 2.24) is 0 Å². The van der Waals surface area contributed by atoms with Crippen LogP contribution in [0.15, 0.2) is 133 Å². The number of aromatic hydroxyl groups is 1. The smallest absolute Gasteiger partial charge is 1.00 e. The van der Waals surface area contributed by atoms with E-state index in [1.54, 1.807) is 12.1 Å². The van der Waals surface area contributed by atoms with Gasteiger partial charge in [0.25, 0.3) is 0 Å². The molecule has 0 bridgehead atoms. The zero-order valence-electron chi connectivity index (χ0n) is 84.7. The van der Waals surface area contributed by atoms with E-state index in [1.165, 1.54) is 323 Å². The molecule has 0 saturated heterocycles. The number of alkyl halides is 3. The van der Waals surface area contributed by atoms with Crippen molar-refractivity contribution in [2.75, 3.05) is 0 Å². The summed E-state index contributed by atoms with van der Waals surface area (Å²) < 4.78 is 191. The Kier molecular flexibility index (Phi) is 53.4. The van der Waals surface area contributed by atoms with Gasteiger partial charge in [-0.3, -0.25) is 13.6 Å². The molecular weight excluding hydrogens is 1900 g/mol. The summed E-state index contributed by atoms with van der Waals surface area (Å²) >= 11 is 0. The Balaban J connectivity index is 0.000000208. The minimum atomic E-state index is -4.67. The third-order valence-electron chi connectivity index (χ3n) is 33.6. The standard InChI is InChI=1S/C28H35F3O.C21H30F2O.C21H30F2.C21H28F2.C15H26O.C8H7F3O2.C6H3F2.CH4.BrH.Mg/c1-2-3-19-4-8-21(9-5-19)22-10-12-23(13-11-22)24-16-26(30)28(27(31)17-24)32-18-20-6-14-25(29)15-7-20;1-2-3-14-4-6-15(7-5-14)16-8-10-17(11-9-16)18-12-19(22)21(24)20(23)13-18;2*1-2-3-15-4-6-16(7-5-15)17-8-10-18(11-9-17)19-12-20(22)14-21(23)13-19;1-2-3-12-4-6-13(7-5-12)14-8-10-15(16)11-9-14;9-8(10,11)13-7-3-1-6(5-12)2-4-7;7-5-2-1-3-6(8)4-5;;;/h6-7,14-17,19,21-23H,2-5,8-13,18H2,1H3;12-17,24H,2-11H2,1H3;12-18H,2-11H2,1H3;10,12-17H,2-9,11H2,1H3;12-14H,2-11H2,1H3;1-4,12H,5H2;2-4H;1H4;1H;/q;;;;;;-1;;;+2/p-1. The Morgan fingerprint density at radius 1 is 0.345 bits per heavy atom. The molecule has 0 heterocycles. The van der Waals surface area contributed by atoms with Crippen LogP contribution >= 0.6 is 0 Å². The molecule has 10 aliphatic carbocycles. The molecule has 9 fully saturated rings. The second-order valence-corrected chi connectivity index (χ2v) is 43.0. The molecular formula is C121H163BrF14MgO5. The van der Waals surface area contributed by atoms with E-state index in [0.717, 1.165) is 218 Å².